The van der Waals surface area contributed by atoms with Gasteiger partial charge in [-0.3, -0.25) is 24.6 Å². The summed E-state index contributed by atoms with van der Waals surface area (Å²) in [6, 6.07) is 9.90. The number of rotatable bonds is 8. The Kier molecular flexibility index (Phi) is 7.66. The maximum absolute atomic E-state index is 13.2. The number of methoxy groups -OCH3 is 1. The smallest absolute Gasteiger partial charge is 0.295 e. The SMILES string of the molecule is COc1ccc(C(O)=C2C(=O)C(=O)N(CCCN3CCOCC3)[C@@H]2c2ccc([N+](=O)[O-])cc2)c(C)c1. The van der Waals surface area contributed by atoms with Crippen molar-refractivity contribution in [1.29, 1.82) is 0 Å². The van der Waals surface area contributed by atoms with Crippen LogP contribution >= 0.6 is 0 Å². The second-order valence-electron chi connectivity index (χ2n) is 8.83. The largest absolute Gasteiger partial charge is 0.507 e. The number of aryl methyl sites for hydroxylation is 1. The quantitative estimate of drug-likeness (QED) is 0.195. The molecule has 0 aromatic heterocycles. The minimum Gasteiger partial charge on any atom is -0.507 e. The molecule has 0 radical (unpaired) electrons. The van der Waals surface area contributed by atoms with E-state index in [-0.39, 0.29) is 17.0 Å². The fourth-order valence-corrected chi connectivity index (χ4v) is 4.70. The Morgan fingerprint density at radius 3 is 2.44 bits per heavy atom. The molecule has 1 N–H and O–H groups in total. The number of aliphatic hydroxyl groups is 1. The lowest BCUT2D eigenvalue weighted by molar-refractivity contribution is -0.384. The normalized spacial score (nSPS) is 20.1. The van der Waals surface area contributed by atoms with Gasteiger partial charge in [-0.2, -0.15) is 0 Å². The Bertz CT molecular complexity index is 1190. The van der Waals surface area contributed by atoms with E-state index in [4.69, 9.17) is 9.47 Å². The third-order valence-electron chi connectivity index (χ3n) is 6.63. The van der Waals surface area contributed by atoms with Gasteiger partial charge in [-0.25, -0.2) is 0 Å². The number of carbonyl (C=O) groups is 2. The molecule has 2 aromatic rings. The lowest BCUT2D eigenvalue weighted by atomic mass is 9.93. The molecule has 10 nitrogen and oxygen atoms in total. The Labute approximate surface area is 208 Å². The zero-order valence-electron chi connectivity index (χ0n) is 20.3. The molecule has 2 aliphatic heterocycles. The van der Waals surface area contributed by atoms with Crippen molar-refractivity contribution in [1.82, 2.24) is 9.80 Å². The van der Waals surface area contributed by atoms with E-state index in [2.05, 4.69) is 4.90 Å². The lowest BCUT2D eigenvalue weighted by Gasteiger charge is -2.29. The van der Waals surface area contributed by atoms with Crippen LogP contribution in [0, 0.1) is 17.0 Å². The summed E-state index contributed by atoms with van der Waals surface area (Å²) in [5.41, 5.74) is 1.46. The first kappa shape index (κ1) is 25.3. The number of Topliss-reactive ketones (excluding diaryl/α,β-unsaturated/α-hetero) is 1. The molecule has 4 rings (SSSR count). The number of likely N-dealkylation sites (tertiary alicyclic amines) is 1. The number of hydrogen-bond acceptors (Lipinski definition) is 8. The number of hydrogen-bond donors (Lipinski definition) is 1. The standard InChI is InChI=1S/C26H29N3O7/c1-17-16-20(35-2)8-9-21(17)24(30)22-23(18-4-6-19(7-5-18)29(33)34)28(26(32)25(22)31)11-3-10-27-12-14-36-15-13-27/h4-9,16,23,30H,3,10-15H2,1-2H3/t23-/m1/s1. The average Bonchev–Trinajstić information content (AvgIpc) is 3.14. The average molecular weight is 496 g/mol. The predicted molar refractivity (Wildman–Crippen MR) is 132 cm³/mol. The van der Waals surface area contributed by atoms with Gasteiger partial charge in [-0.1, -0.05) is 0 Å². The Balaban J connectivity index is 1.71. The van der Waals surface area contributed by atoms with Crippen molar-refractivity contribution >= 4 is 23.1 Å². The van der Waals surface area contributed by atoms with Crippen molar-refractivity contribution in [3.8, 4) is 5.75 Å². The van der Waals surface area contributed by atoms with Crippen LogP contribution in [0.4, 0.5) is 5.69 Å². The molecular weight excluding hydrogens is 466 g/mol. The van der Waals surface area contributed by atoms with Gasteiger partial charge < -0.3 is 19.5 Å². The van der Waals surface area contributed by atoms with Gasteiger partial charge in [0.15, 0.2) is 0 Å². The third-order valence-corrected chi connectivity index (χ3v) is 6.63. The number of morpholine rings is 1. The molecule has 1 atom stereocenters. The number of benzene rings is 2. The van der Waals surface area contributed by atoms with Crippen LogP contribution in [0.3, 0.4) is 0 Å². The number of amides is 1. The van der Waals surface area contributed by atoms with Crippen LogP contribution in [0.15, 0.2) is 48.0 Å². The second kappa shape index (κ2) is 10.9. The Morgan fingerprint density at radius 1 is 1.14 bits per heavy atom. The molecule has 2 fully saturated rings. The zero-order valence-corrected chi connectivity index (χ0v) is 20.3. The fourth-order valence-electron chi connectivity index (χ4n) is 4.70. The summed E-state index contributed by atoms with van der Waals surface area (Å²) in [5.74, 6) is -1.17. The van der Waals surface area contributed by atoms with Gasteiger partial charge in [-0.15, -0.1) is 0 Å². The van der Waals surface area contributed by atoms with Crippen LogP contribution in [0.25, 0.3) is 5.76 Å². The number of nitrogens with zero attached hydrogens (tertiary/aromatic N) is 3. The number of non-ortho nitro benzene ring substituents is 1. The van der Waals surface area contributed by atoms with Crippen LogP contribution in [0.2, 0.25) is 0 Å². The molecule has 10 heteroatoms. The summed E-state index contributed by atoms with van der Waals surface area (Å²) in [6.45, 7) is 5.74. The third kappa shape index (κ3) is 5.09. The van der Waals surface area contributed by atoms with E-state index < -0.39 is 22.7 Å². The molecule has 1 amide bonds. The molecule has 36 heavy (non-hydrogen) atoms. The highest BCUT2D eigenvalue weighted by atomic mass is 16.6. The van der Waals surface area contributed by atoms with Crippen LogP contribution in [-0.2, 0) is 14.3 Å². The van der Waals surface area contributed by atoms with Gasteiger partial charge in [0.05, 0.1) is 36.9 Å². The molecule has 0 unspecified atom stereocenters. The predicted octanol–water partition coefficient (Wildman–Crippen LogP) is 3.06. The maximum atomic E-state index is 13.2. The number of ether oxygens (including phenoxy) is 2. The van der Waals surface area contributed by atoms with Crippen molar-refractivity contribution in [3.05, 3.63) is 74.8 Å². The van der Waals surface area contributed by atoms with Crippen molar-refractivity contribution in [2.75, 3.05) is 46.5 Å². The Hall–Kier alpha value is -3.76. The molecule has 0 aliphatic carbocycles. The molecule has 2 saturated heterocycles. The summed E-state index contributed by atoms with van der Waals surface area (Å²) in [5, 5.41) is 22.4. The molecule has 0 saturated carbocycles. The molecule has 0 bridgehead atoms. The summed E-state index contributed by atoms with van der Waals surface area (Å²) >= 11 is 0. The molecular formula is C26H29N3O7. The van der Waals surface area contributed by atoms with Crippen LogP contribution in [0.5, 0.6) is 5.75 Å². The fraction of sp³-hybridized carbons (Fsp3) is 0.385. The minimum atomic E-state index is -0.864. The molecule has 2 heterocycles. The van der Waals surface area contributed by atoms with E-state index in [1.54, 1.807) is 25.1 Å². The highest BCUT2D eigenvalue weighted by molar-refractivity contribution is 6.46. The van der Waals surface area contributed by atoms with Crippen LogP contribution < -0.4 is 4.74 Å². The topological polar surface area (TPSA) is 122 Å². The number of ketones is 1. The summed E-state index contributed by atoms with van der Waals surface area (Å²) in [6.07, 6.45) is 0.623. The summed E-state index contributed by atoms with van der Waals surface area (Å²) in [7, 11) is 1.53. The molecule has 190 valence electrons. The van der Waals surface area contributed by atoms with Crippen LogP contribution in [0.1, 0.15) is 29.2 Å². The second-order valence-corrected chi connectivity index (χ2v) is 8.83. The van der Waals surface area contributed by atoms with Gasteiger partial charge in [0.25, 0.3) is 17.4 Å². The first-order chi connectivity index (χ1) is 17.3. The van der Waals surface area contributed by atoms with E-state index in [0.29, 0.717) is 48.6 Å². The first-order valence-electron chi connectivity index (χ1n) is 11.8. The summed E-state index contributed by atoms with van der Waals surface area (Å²) < 4.78 is 10.6. The van der Waals surface area contributed by atoms with Gasteiger partial charge in [0, 0.05) is 43.9 Å². The van der Waals surface area contributed by atoms with Gasteiger partial charge >= 0.3 is 0 Å². The highest BCUT2D eigenvalue weighted by Crippen LogP contribution is 2.40. The van der Waals surface area contributed by atoms with E-state index in [0.717, 1.165) is 19.6 Å². The molecule has 2 aromatic carbocycles. The number of carbonyl (C=O) groups excluding carboxylic acids is 2. The van der Waals surface area contributed by atoms with Gasteiger partial charge in [-0.05, 0) is 54.8 Å². The number of aliphatic hydroxyl groups excluding tert-OH is 1. The van der Waals surface area contributed by atoms with Crippen molar-refractivity contribution in [3.63, 3.8) is 0 Å². The van der Waals surface area contributed by atoms with Crippen molar-refractivity contribution < 1.29 is 29.1 Å². The van der Waals surface area contributed by atoms with E-state index in [1.165, 1.54) is 36.3 Å². The van der Waals surface area contributed by atoms with E-state index in [1.807, 2.05) is 0 Å². The van der Waals surface area contributed by atoms with E-state index >= 15 is 0 Å². The minimum absolute atomic E-state index is 0.0338. The monoisotopic (exact) mass is 495 g/mol. The Morgan fingerprint density at radius 2 is 1.83 bits per heavy atom. The van der Waals surface area contributed by atoms with Gasteiger partial charge in [0.1, 0.15) is 11.5 Å². The molecule has 0 spiro atoms. The van der Waals surface area contributed by atoms with Crippen molar-refractivity contribution in [2.24, 2.45) is 0 Å². The van der Waals surface area contributed by atoms with Gasteiger partial charge in [0.2, 0.25) is 0 Å². The molecule has 2 aliphatic rings. The van der Waals surface area contributed by atoms with Crippen molar-refractivity contribution in [2.45, 2.75) is 19.4 Å². The lowest BCUT2D eigenvalue weighted by Crippen LogP contribution is -2.38. The number of nitro benzene ring substituents is 1. The number of nitro groups is 1. The maximum Gasteiger partial charge on any atom is 0.295 e. The van der Waals surface area contributed by atoms with Crippen LogP contribution in [-0.4, -0.2) is 78.0 Å². The van der Waals surface area contributed by atoms with E-state index in [9.17, 15) is 24.8 Å². The highest BCUT2D eigenvalue weighted by Gasteiger charge is 2.46. The first-order valence-corrected chi connectivity index (χ1v) is 11.8. The summed E-state index contributed by atoms with van der Waals surface area (Å²) in [4.78, 5) is 40.7. The zero-order chi connectivity index (χ0) is 25.8.